The number of nitrogens with one attached hydrogen (secondary N) is 2. The summed E-state index contributed by atoms with van der Waals surface area (Å²) in [6.45, 7) is 0.981. The Bertz CT molecular complexity index is 628. The summed E-state index contributed by atoms with van der Waals surface area (Å²) in [4.78, 5) is 23.8. The van der Waals surface area contributed by atoms with Crippen molar-refractivity contribution in [3.8, 4) is 5.75 Å². The van der Waals surface area contributed by atoms with Gasteiger partial charge in [-0.25, -0.2) is 0 Å². The van der Waals surface area contributed by atoms with E-state index in [1.807, 2.05) is 24.3 Å². The smallest absolute Gasteiger partial charge is 0.309 e. The zero-order valence-electron chi connectivity index (χ0n) is 14.4. The molecule has 0 radical (unpaired) electrons. The minimum absolute atomic E-state index is 0.201. The van der Waals surface area contributed by atoms with Crippen molar-refractivity contribution in [2.24, 2.45) is 0 Å². The average Bonchev–Trinajstić information content (AvgIpc) is 3.27. The number of methoxy groups -OCH3 is 1. The number of hydrogen-bond acceptors (Lipinski definition) is 5. The Hall–Kier alpha value is -2.12. The number of amides is 2. The van der Waals surface area contributed by atoms with Crippen LogP contribution in [0.5, 0.6) is 5.75 Å². The van der Waals surface area contributed by atoms with E-state index in [1.54, 1.807) is 7.11 Å². The van der Waals surface area contributed by atoms with Crippen molar-refractivity contribution < 1.29 is 23.8 Å². The third kappa shape index (κ3) is 4.49. The quantitative estimate of drug-likeness (QED) is 0.779. The van der Waals surface area contributed by atoms with E-state index >= 15 is 0 Å². The number of rotatable bonds is 5. The maximum absolute atomic E-state index is 11.9. The summed E-state index contributed by atoms with van der Waals surface area (Å²) in [6.07, 6.45) is 3.81. The Morgan fingerprint density at radius 1 is 1.24 bits per heavy atom. The summed E-state index contributed by atoms with van der Waals surface area (Å²) >= 11 is 0. The van der Waals surface area contributed by atoms with E-state index in [4.69, 9.17) is 14.2 Å². The van der Waals surface area contributed by atoms with Crippen LogP contribution in [0.25, 0.3) is 0 Å². The van der Waals surface area contributed by atoms with Gasteiger partial charge in [-0.15, -0.1) is 0 Å². The summed E-state index contributed by atoms with van der Waals surface area (Å²) in [5.74, 6) is -1.09. The summed E-state index contributed by atoms with van der Waals surface area (Å²) in [5.41, 5.74) is 0.858. The Balaban J connectivity index is 1.40. The Labute approximate surface area is 147 Å². The molecule has 1 aromatic carbocycles. The van der Waals surface area contributed by atoms with Crippen molar-refractivity contribution in [2.75, 3.05) is 20.3 Å². The Kier molecular flexibility index (Phi) is 5.55. The van der Waals surface area contributed by atoms with Crippen LogP contribution in [0.4, 0.5) is 0 Å². The van der Waals surface area contributed by atoms with Crippen molar-refractivity contribution >= 4 is 11.8 Å². The molecule has 1 aliphatic heterocycles. The molecule has 1 spiro atoms. The van der Waals surface area contributed by atoms with Gasteiger partial charge in [0.15, 0.2) is 5.79 Å². The molecular weight excluding hydrogens is 324 g/mol. The average molecular weight is 348 g/mol. The highest BCUT2D eigenvalue weighted by Gasteiger charge is 2.43. The van der Waals surface area contributed by atoms with Crippen molar-refractivity contribution in [1.29, 1.82) is 0 Å². The largest absolute Gasteiger partial charge is 0.497 e. The number of carbonyl (C=O) groups excluding carboxylic acids is 2. The van der Waals surface area contributed by atoms with E-state index in [0.29, 0.717) is 12.4 Å². The summed E-state index contributed by atoms with van der Waals surface area (Å²) in [6, 6.07) is 7.31. The van der Waals surface area contributed by atoms with Gasteiger partial charge in [0.2, 0.25) is 0 Å². The zero-order valence-corrected chi connectivity index (χ0v) is 14.4. The second-order valence-corrected chi connectivity index (χ2v) is 6.41. The van der Waals surface area contributed by atoms with Crippen molar-refractivity contribution in [3.63, 3.8) is 0 Å². The van der Waals surface area contributed by atoms with E-state index in [9.17, 15) is 9.59 Å². The minimum atomic E-state index is -0.669. The van der Waals surface area contributed by atoms with E-state index in [2.05, 4.69) is 10.6 Å². The van der Waals surface area contributed by atoms with Gasteiger partial charge in [-0.2, -0.15) is 0 Å². The molecule has 25 heavy (non-hydrogen) atoms. The molecule has 7 nitrogen and oxygen atoms in total. The van der Waals surface area contributed by atoms with Crippen LogP contribution in [0, 0.1) is 0 Å². The second-order valence-electron chi connectivity index (χ2n) is 6.41. The zero-order chi connectivity index (χ0) is 17.7. The van der Waals surface area contributed by atoms with Gasteiger partial charge in [-0.05, 0) is 30.5 Å². The molecule has 0 unspecified atom stereocenters. The molecule has 2 aliphatic rings. The third-order valence-corrected chi connectivity index (χ3v) is 4.56. The first-order valence-electron chi connectivity index (χ1n) is 8.61. The van der Waals surface area contributed by atoms with E-state index in [1.165, 1.54) is 0 Å². The first kappa shape index (κ1) is 17.7. The molecule has 2 amide bonds. The van der Waals surface area contributed by atoms with Crippen LogP contribution in [0.3, 0.4) is 0 Å². The first-order valence-corrected chi connectivity index (χ1v) is 8.61. The molecule has 7 heteroatoms. The molecular formula is C18H24N2O5. The van der Waals surface area contributed by atoms with Crippen molar-refractivity contribution in [1.82, 2.24) is 10.6 Å². The SMILES string of the molecule is COc1cccc(CNC(=O)C(=O)NC[C@H]2COC3(CCCC3)O2)c1. The predicted molar refractivity (Wildman–Crippen MR) is 89.9 cm³/mol. The second kappa shape index (κ2) is 7.84. The molecule has 3 rings (SSSR count). The molecule has 1 saturated heterocycles. The summed E-state index contributed by atoms with van der Waals surface area (Å²) in [5, 5.41) is 5.20. The molecule has 1 aromatic rings. The van der Waals surface area contributed by atoms with Crippen LogP contribution in [-0.2, 0) is 25.6 Å². The molecule has 0 bridgehead atoms. The minimum Gasteiger partial charge on any atom is -0.497 e. The first-order chi connectivity index (χ1) is 12.1. The predicted octanol–water partition coefficient (Wildman–Crippen LogP) is 1.11. The molecule has 2 fully saturated rings. The van der Waals surface area contributed by atoms with Crippen LogP contribution in [-0.4, -0.2) is 44.0 Å². The Morgan fingerprint density at radius 2 is 2.00 bits per heavy atom. The van der Waals surface area contributed by atoms with Gasteiger partial charge in [-0.3, -0.25) is 9.59 Å². The maximum atomic E-state index is 11.9. The van der Waals surface area contributed by atoms with Crippen LogP contribution < -0.4 is 15.4 Å². The fourth-order valence-electron chi connectivity index (χ4n) is 3.22. The molecule has 2 N–H and O–H groups in total. The van der Waals surface area contributed by atoms with Gasteiger partial charge < -0.3 is 24.8 Å². The Morgan fingerprint density at radius 3 is 2.76 bits per heavy atom. The lowest BCUT2D eigenvalue weighted by molar-refractivity contribution is -0.161. The van der Waals surface area contributed by atoms with Crippen LogP contribution in [0.15, 0.2) is 24.3 Å². The van der Waals surface area contributed by atoms with Gasteiger partial charge in [-0.1, -0.05) is 12.1 Å². The van der Waals surface area contributed by atoms with Gasteiger partial charge >= 0.3 is 11.8 Å². The van der Waals surface area contributed by atoms with Crippen LogP contribution >= 0.6 is 0 Å². The standard InChI is InChI=1S/C18H24N2O5/c1-23-14-6-4-5-13(9-14)10-19-16(21)17(22)20-11-15-12-24-18(25-15)7-2-3-8-18/h4-6,9,15H,2-3,7-8,10-12H2,1H3,(H,19,21)(H,20,22)/t15-/m0/s1. The number of hydrogen-bond donors (Lipinski definition) is 2. The lowest BCUT2D eigenvalue weighted by atomic mass is 10.2. The van der Waals surface area contributed by atoms with E-state index < -0.39 is 17.6 Å². The fourth-order valence-corrected chi connectivity index (χ4v) is 3.22. The van der Waals surface area contributed by atoms with Crippen LogP contribution in [0.1, 0.15) is 31.2 Å². The highest BCUT2D eigenvalue weighted by Crippen LogP contribution is 2.38. The molecule has 1 atom stereocenters. The highest BCUT2D eigenvalue weighted by atomic mass is 16.7. The normalized spacial score (nSPS) is 21.2. The van der Waals surface area contributed by atoms with Crippen molar-refractivity contribution in [3.05, 3.63) is 29.8 Å². The summed E-state index contributed by atoms with van der Waals surface area (Å²) < 4.78 is 16.8. The van der Waals surface area contributed by atoms with Gasteiger partial charge in [0.25, 0.3) is 0 Å². The number of ether oxygens (including phenoxy) is 3. The van der Waals surface area contributed by atoms with Crippen molar-refractivity contribution in [2.45, 2.75) is 44.1 Å². The molecule has 1 heterocycles. The summed E-state index contributed by atoms with van der Waals surface area (Å²) in [7, 11) is 1.58. The maximum Gasteiger partial charge on any atom is 0.309 e. The number of benzene rings is 1. The van der Waals surface area contributed by atoms with Gasteiger partial charge in [0, 0.05) is 25.9 Å². The van der Waals surface area contributed by atoms with Crippen LogP contribution in [0.2, 0.25) is 0 Å². The fraction of sp³-hybridized carbons (Fsp3) is 0.556. The molecule has 1 aliphatic carbocycles. The third-order valence-electron chi connectivity index (χ3n) is 4.56. The van der Waals surface area contributed by atoms with Gasteiger partial charge in [0.1, 0.15) is 11.9 Å². The van der Waals surface area contributed by atoms with E-state index in [0.717, 1.165) is 31.2 Å². The lowest BCUT2D eigenvalue weighted by Gasteiger charge is -2.21. The lowest BCUT2D eigenvalue weighted by Crippen LogP contribution is -2.43. The number of carbonyl (C=O) groups is 2. The molecule has 136 valence electrons. The molecule has 0 aromatic heterocycles. The van der Waals surface area contributed by atoms with E-state index in [-0.39, 0.29) is 19.2 Å². The highest BCUT2D eigenvalue weighted by molar-refractivity contribution is 6.35. The van der Waals surface area contributed by atoms with Gasteiger partial charge in [0.05, 0.1) is 13.7 Å². The monoisotopic (exact) mass is 348 g/mol. The topological polar surface area (TPSA) is 85.9 Å². The molecule has 1 saturated carbocycles.